The molecule has 0 aromatic heterocycles. The van der Waals surface area contributed by atoms with Crippen molar-refractivity contribution in [2.24, 2.45) is 0 Å². The second-order valence-corrected chi connectivity index (χ2v) is 8.39. The van der Waals surface area contributed by atoms with Crippen molar-refractivity contribution in [3.63, 3.8) is 0 Å². The van der Waals surface area contributed by atoms with E-state index in [9.17, 15) is 0 Å². The third-order valence-corrected chi connectivity index (χ3v) is 6.53. The molecule has 0 saturated heterocycles. The molecule has 4 rings (SSSR count). The summed E-state index contributed by atoms with van der Waals surface area (Å²) in [4.78, 5) is 1.16. The molecule has 0 N–H and O–H groups in total. The van der Waals surface area contributed by atoms with Crippen LogP contribution in [-0.4, -0.2) is 0 Å². The van der Waals surface area contributed by atoms with Crippen LogP contribution in [0.2, 0.25) is 0 Å². The molecule has 124 valence electrons. The van der Waals surface area contributed by atoms with Crippen LogP contribution in [0.4, 0.5) is 0 Å². The molecule has 2 fully saturated rings. The standard InChI is InChI=1S/C17H14P.C5H4Br.Fe/c1-3-9-15(10-4-1)18(17-13-7-8-14-17)16-11-5-2-6-12-16;6-5-3-1-2-4-5;/h1-14H;1-4H;/q;;+2. The molecule has 2 aliphatic carbocycles. The van der Waals surface area contributed by atoms with Crippen molar-refractivity contribution in [1.29, 1.82) is 0 Å². The van der Waals surface area contributed by atoms with Gasteiger partial charge in [-0.25, -0.2) is 0 Å². The molecular weight excluding hydrogens is 431 g/mol. The second-order valence-electron chi connectivity index (χ2n) is 5.25. The number of benzene rings is 2. The Hall–Kier alpha value is -0.131. The van der Waals surface area contributed by atoms with Crippen LogP contribution in [-0.2, 0) is 17.1 Å². The Labute approximate surface area is 173 Å². The summed E-state index contributed by atoms with van der Waals surface area (Å²) in [5, 5.41) is 2.81. The molecule has 10 radical (unpaired) electrons. The predicted octanol–water partition coefficient (Wildman–Crippen LogP) is 5.22. The third-order valence-electron chi connectivity index (χ3n) is 3.55. The molecule has 0 spiro atoms. The zero-order valence-corrected chi connectivity index (χ0v) is 17.2. The molecule has 2 aromatic rings. The van der Waals surface area contributed by atoms with Crippen molar-refractivity contribution in [2.75, 3.05) is 0 Å². The SMILES string of the molecule is Br[C]1[CH][CH][CH][CH]1.[CH]1[CH][CH][C](P(c2ccccc2)c2ccccc2)[CH]1.[Fe+2]. The summed E-state index contributed by atoms with van der Waals surface area (Å²) in [5.74, 6) is 0. The predicted molar refractivity (Wildman–Crippen MR) is 109 cm³/mol. The zero-order chi connectivity index (χ0) is 16.6. The van der Waals surface area contributed by atoms with Gasteiger partial charge in [0, 0.05) is 10.5 Å². The Morgan fingerprint density at radius 2 is 0.960 bits per heavy atom. The van der Waals surface area contributed by atoms with Crippen LogP contribution in [0.25, 0.3) is 0 Å². The number of hydrogen-bond donors (Lipinski definition) is 0. The zero-order valence-electron chi connectivity index (χ0n) is 13.6. The maximum Gasteiger partial charge on any atom is 2.00 e. The van der Waals surface area contributed by atoms with Gasteiger partial charge < -0.3 is 0 Å². The summed E-state index contributed by atoms with van der Waals surface area (Å²) in [7, 11) is -0.409. The van der Waals surface area contributed by atoms with Crippen molar-refractivity contribution < 1.29 is 17.1 Å². The van der Waals surface area contributed by atoms with Crippen molar-refractivity contribution in [2.45, 2.75) is 0 Å². The Morgan fingerprint density at radius 3 is 1.32 bits per heavy atom. The number of halogens is 1. The fourth-order valence-corrected chi connectivity index (χ4v) is 5.08. The topological polar surface area (TPSA) is 0 Å². The van der Waals surface area contributed by atoms with Gasteiger partial charge in [0.25, 0.3) is 0 Å². The molecule has 0 nitrogen and oxygen atoms in total. The summed E-state index contributed by atoms with van der Waals surface area (Å²) < 4.78 is 0. The molecule has 0 atom stereocenters. The van der Waals surface area contributed by atoms with Gasteiger partial charge in [0.1, 0.15) is 0 Å². The summed E-state index contributed by atoms with van der Waals surface area (Å²) in [6.45, 7) is 0. The average Bonchev–Trinajstić information content (AvgIpc) is 3.32. The maximum absolute atomic E-state index is 3.28. The van der Waals surface area contributed by atoms with E-state index in [2.05, 4.69) is 102 Å². The largest absolute Gasteiger partial charge is 2.00 e. The van der Waals surface area contributed by atoms with Gasteiger partial charge in [-0.2, -0.15) is 0 Å². The van der Waals surface area contributed by atoms with Crippen molar-refractivity contribution in [3.05, 3.63) is 123 Å². The van der Waals surface area contributed by atoms with E-state index < -0.39 is 7.92 Å². The molecule has 0 aliphatic heterocycles. The molecule has 0 heterocycles. The fraction of sp³-hybridized carbons (Fsp3) is 0. The van der Waals surface area contributed by atoms with Crippen molar-refractivity contribution in [3.8, 4) is 0 Å². The fourth-order valence-electron chi connectivity index (χ4n) is 2.46. The molecule has 0 amide bonds. The van der Waals surface area contributed by atoms with Gasteiger partial charge >= 0.3 is 17.1 Å². The Morgan fingerprint density at radius 1 is 0.560 bits per heavy atom. The number of hydrogen-bond acceptors (Lipinski definition) is 0. The van der Waals surface area contributed by atoms with E-state index in [1.165, 1.54) is 16.3 Å². The van der Waals surface area contributed by atoms with E-state index in [4.69, 9.17) is 0 Å². The van der Waals surface area contributed by atoms with Gasteiger partial charge in [-0.15, -0.1) is 0 Å². The Kier molecular flexibility index (Phi) is 9.79. The van der Waals surface area contributed by atoms with E-state index in [0.29, 0.717) is 0 Å². The third kappa shape index (κ3) is 6.51. The average molecular weight is 449 g/mol. The van der Waals surface area contributed by atoms with Crippen LogP contribution >= 0.6 is 23.9 Å². The first-order chi connectivity index (χ1) is 11.8. The first-order valence-corrected chi connectivity index (χ1v) is 9.97. The smallest absolute Gasteiger partial charge is 0.0831 e. The summed E-state index contributed by atoms with van der Waals surface area (Å²) in [5.41, 5.74) is 1.42. The second kappa shape index (κ2) is 11.6. The first-order valence-electron chi connectivity index (χ1n) is 7.84. The van der Waals surface area contributed by atoms with Crippen LogP contribution in [0.5, 0.6) is 0 Å². The van der Waals surface area contributed by atoms with Crippen LogP contribution in [0, 0.1) is 61.9 Å². The molecule has 2 aliphatic rings. The van der Waals surface area contributed by atoms with E-state index in [0.717, 1.165) is 4.83 Å². The van der Waals surface area contributed by atoms with Crippen LogP contribution in [0.1, 0.15) is 0 Å². The molecule has 3 heteroatoms. The van der Waals surface area contributed by atoms with Crippen LogP contribution in [0.3, 0.4) is 0 Å². The minimum atomic E-state index is -0.409. The Balaban J connectivity index is 0.000000275. The van der Waals surface area contributed by atoms with E-state index >= 15 is 0 Å². The van der Waals surface area contributed by atoms with Gasteiger partial charge in [0.2, 0.25) is 0 Å². The normalized spacial score (nSPS) is 17.8. The van der Waals surface area contributed by atoms with Gasteiger partial charge in [-0.05, 0) is 69.9 Å². The first kappa shape index (κ1) is 21.2. The van der Waals surface area contributed by atoms with E-state index in [-0.39, 0.29) is 17.1 Å². The molecule has 25 heavy (non-hydrogen) atoms. The van der Waals surface area contributed by atoms with Gasteiger partial charge in [0.15, 0.2) is 0 Å². The van der Waals surface area contributed by atoms with Crippen molar-refractivity contribution in [1.82, 2.24) is 0 Å². The van der Waals surface area contributed by atoms with E-state index in [1.807, 2.05) is 25.7 Å². The van der Waals surface area contributed by atoms with Gasteiger partial charge in [0.05, 0.1) is 0 Å². The molecular formula is C22H18BrFeP+2. The molecule has 2 saturated carbocycles. The van der Waals surface area contributed by atoms with Gasteiger partial charge in [-0.1, -0.05) is 76.6 Å². The van der Waals surface area contributed by atoms with Gasteiger partial charge in [-0.3, -0.25) is 0 Å². The monoisotopic (exact) mass is 448 g/mol. The number of rotatable bonds is 3. The quantitative estimate of drug-likeness (QED) is 0.445. The molecule has 2 aromatic carbocycles. The Bertz CT molecular complexity index is 538. The van der Waals surface area contributed by atoms with Crippen molar-refractivity contribution >= 4 is 34.5 Å². The van der Waals surface area contributed by atoms with Crippen LogP contribution < -0.4 is 10.6 Å². The van der Waals surface area contributed by atoms with Crippen LogP contribution in [0.15, 0.2) is 60.7 Å². The molecule has 0 bridgehead atoms. The van der Waals surface area contributed by atoms with E-state index in [1.54, 1.807) is 0 Å². The summed E-state index contributed by atoms with van der Waals surface area (Å²) in [6.07, 6.45) is 16.7. The summed E-state index contributed by atoms with van der Waals surface area (Å²) in [6, 6.07) is 21.6. The minimum absolute atomic E-state index is 0. The minimum Gasteiger partial charge on any atom is -0.0831 e. The molecule has 0 unspecified atom stereocenters. The summed E-state index contributed by atoms with van der Waals surface area (Å²) >= 11 is 3.28. The maximum atomic E-state index is 3.28.